The minimum absolute atomic E-state index is 0.0331. The molecule has 0 atom stereocenters. The molecule has 4 nitrogen and oxygen atoms in total. The summed E-state index contributed by atoms with van der Waals surface area (Å²) in [6.07, 6.45) is 0.824. The summed E-state index contributed by atoms with van der Waals surface area (Å²) in [7, 11) is 0. The number of carboxylic acids is 1. The molecule has 19 heavy (non-hydrogen) atoms. The summed E-state index contributed by atoms with van der Waals surface area (Å²) < 4.78 is 2.79. The van der Waals surface area contributed by atoms with E-state index in [1.807, 2.05) is 37.3 Å². The predicted octanol–water partition coefficient (Wildman–Crippen LogP) is 3.37. The second-order valence-corrected chi connectivity index (χ2v) is 5.81. The third-order valence-electron chi connectivity index (χ3n) is 2.50. The van der Waals surface area contributed by atoms with Gasteiger partial charge in [0, 0.05) is 4.47 Å². The highest BCUT2D eigenvalue weighted by Gasteiger charge is 2.11. The fourth-order valence-corrected chi connectivity index (χ4v) is 2.61. The number of benzene rings is 1. The monoisotopic (exact) mass is 340 g/mol. The summed E-state index contributed by atoms with van der Waals surface area (Å²) in [4.78, 5) is 10.7. The Morgan fingerprint density at radius 2 is 2.11 bits per heavy atom. The van der Waals surface area contributed by atoms with Crippen molar-refractivity contribution in [2.45, 2.75) is 18.4 Å². The van der Waals surface area contributed by atoms with Crippen molar-refractivity contribution >= 4 is 33.7 Å². The molecule has 2 rings (SSSR count). The molecular weight excluding hydrogens is 328 g/mol. The molecule has 0 unspecified atom stereocenters. The molecular formula is C13H13BrN2O2S. The van der Waals surface area contributed by atoms with Crippen molar-refractivity contribution in [3.8, 4) is 5.69 Å². The Labute approximate surface area is 124 Å². The van der Waals surface area contributed by atoms with Gasteiger partial charge in [0.15, 0.2) is 0 Å². The van der Waals surface area contributed by atoms with Crippen molar-refractivity contribution in [1.29, 1.82) is 0 Å². The molecule has 0 aliphatic heterocycles. The zero-order valence-corrected chi connectivity index (χ0v) is 12.7. The van der Waals surface area contributed by atoms with Gasteiger partial charge in [-0.05, 0) is 36.8 Å². The van der Waals surface area contributed by atoms with Gasteiger partial charge in [-0.15, -0.1) is 0 Å². The number of thioether (sulfide) groups is 1. The molecule has 0 radical (unpaired) electrons. The lowest BCUT2D eigenvalue weighted by Crippen LogP contribution is -2.02. The summed E-state index contributed by atoms with van der Waals surface area (Å²) in [5.74, 6) is -0.794. The van der Waals surface area contributed by atoms with Crippen LogP contribution in [0.25, 0.3) is 5.69 Å². The first-order valence-electron chi connectivity index (χ1n) is 5.79. The van der Waals surface area contributed by atoms with Crippen LogP contribution in [0, 0.1) is 0 Å². The number of carbonyl (C=O) groups is 1. The first-order chi connectivity index (χ1) is 9.10. The molecule has 0 amide bonds. The van der Waals surface area contributed by atoms with E-state index in [2.05, 4.69) is 21.0 Å². The first-order valence-corrected chi connectivity index (χ1v) is 7.57. The van der Waals surface area contributed by atoms with Gasteiger partial charge in [0.25, 0.3) is 0 Å². The molecule has 0 bridgehead atoms. The quantitative estimate of drug-likeness (QED) is 0.847. The zero-order chi connectivity index (χ0) is 13.8. The molecule has 0 saturated heterocycles. The lowest BCUT2D eigenvalue weighted by Gasteiger charge is -2.06. The molecule has 2 aromatic rings. The predicted molar refractivity (Wildman–Crippen MR) is 79.0 cm³/mol. The van der Waals surface area contributed by atoms with E-state index in [1.54, 1.807) is 4.68 Å². The van der Waals surface area contributed by atoms with Gasteiger partial charge in [-0.1, -0.05) is 34.6 Å². The number of hydrogen-bond donors (Lipinski definition) is 1. The van der Waals surface area contributed by atoms with Crippen molar-refractivity contribution in [3.63, 3.8) is 0 Å². The number of carboxylic acid groups (broad SMARTS) is 1. The maximum absolute atomic E-state index is 10.7. The Bertz CT molecular complexity index is 581. The minimum Gasteiger partial charge on any atom is -0.481 e. The van der Waals surface area contributed by atoms with E-state index in [9.17, 15) is 4.79 Å². The number of aromatic nitrogens is 2. The topological polar surface area (TPSA) is 55.1 Å². The minimum atomic E-state index is -0.827. The van der Waals surface area contributed by atoms with Crippen LogP contribution in [0.5, 0.6) is 0 Å². The third-order valence-corrected chi connectivity index (χ3v) is 4.01. The van der Waals surface area contributed by atoms with Crippen LogP contribution in [0.3, 0.4) is 0 Å². The van der Waals surface area contributed by atoms with Gasteiger partial charge >= 0.3 is 5.97 Å². The standard InChI is InChI=1S/C13H13BrN2O2S/c1-2-10-7-12(19-8-13(17)18)16(15-10)11-5-3-9(14)4-6-11/h3-7H,2,8H2,1H3,(H,17,18). The van der Waals surface area contributed by atoms with Crippen LogP contribution < -0.4 is 0 Å². The molecule has 1 aromatic carbocycles. The number of hydrogen-bond acceptors (Lipinski definition) is 3. The summed E-state index contributed by atoms with van der Waals surface area (Å²) >= 11 is 4.67. The van der Waals surface area contributed by atoms with Gasteiger partial charge in [0.1, 0.15) is 5.03 Å². The molecule has 0 spiro atoms. The van der Waals surface area contributed by atoms with Crippen LogP contribution in [0.2, 0.25) is 0 Å². The molecule has 0 aliphatic rings. The van der Waals surface area contributed by atoms with Crippen LogP contribution in [0.15, 0.2) is 39.8 Å². The van der Waals surface area contributed by atoms with E-state index in [0.29, 0.717) is 0 Å². The number of nitrogens with zero attached hydrogens (tertiary/aromatic N) is 2. The molecule has 0 fully saturated rings. The van der Waals surface area contributed by atoms with Gasteiger partial charge in [-0.25, -0.2) is 4.68 Å². The van der Waals surface area contributed by atoms with Gasteiger partial charge in [0.05, 0.1) is 17.1 Å². The number of aryl methyl sites for hydroxylation is 1. The van der Waals surface area contributed by atoms with Gasteiger partial charge < -0.3 is 5.11 Å². The summed E-state index contributed by atoms with van der Waals surface area (Å²) in [6.45, 7) is 2.03. The van der Waals surface area contributed by atoms with Gasteiger partial charge in [0.2, 0.25) is 0 Å². The molecule has 1 N–H and O–H groups in total. The summed E-state index contributed by atoms with van der Waals surface area (Å²) in [5, 5.41) is 14.1. The first kappa shape index (κ1) is 14.1. The van der Waals surface area contributed by atoms with Crippen molar-refractivity contribution in [1.82, 2.24) is 9.78 Å². The molecule has 1 heterocycles. The van der Waals surface area contributed by atoms with Crippen molar-refractivity contribution in [3.05, 3.63) is 40.5 Å². The number of halogens is 1. The van der Waals surface area contributed by atoms with Gasteiger partial charge in [-0.3, -0.25) is 4.79 Å². The van der Waals surface area contributed by atoms with Crippen LogP contribution in [0.4, 0.5) is 0 Å². The molecule has 6 heteroatoms. The van der Waals surface area contributed by atoms with Crippen LogP contribution >= 0.6 is 27.7 Å². The Kier molecular flexibility index (Phi) is 4.66. The van der Waals surface area contributed by atoms with E-state index >= 15 is 0 Å². The lowest BCUT2D eigenvalue weighted by molar-refractivity contribution is -0.133. The number of aliphatic carboxylic acids is 1. The van der Waals surface area contributed by atoms with Crippen LogP contribution in [-0.2, 0) is 11.2 Å². The van der Waals surface area contributed by atoms with E-state index in [4.69, 9.17) is 5.11 Å². The zero-order valence-electron chi connectivity index (χ0n) is 10.3. The fraction of sp³-hybridized carbons (Fsp3) is 0.231. The maximum Gasteiger partial charge on any atom is 0.313 e. The van der Waals surface area contributed by atoms with Gasteiger partial charge in [-0.2, -0.15) is 5.10 Å². The number of rotatable bonds is 5. The maximum atomic E-state index is 10.7. The SMILES string of the molecule is CCc1cc(SCC(=O)O)n(-c2ccc(Br)cc2)n1. The van der Waals surface area contributed by atoms with E-state index in [0.717, 1.165) is 27.3 Å². The third kappa shape index (κ3) is 3.61. The average Bonchev–Trinajstić information content (AvgIpc) is 2.80. The highest BCUT2D eigenvalue weighted by molar-refractivity contribution is 9.10. The lowest BCUT2D eigenvalue weighted by atomic mass is 10.3. The normalized spacial score (nSPS) is 10.6. The summed E-state index contributed by atoms with van der Waals surface area (Å²) in [5.41, 5.74) is 1.88. The Morgan fingerprint density at radius 3 is 2.68 bits per heavy atom. The second-order valence-electron chi connectivity index (χ2n) is 3.90. The van der Waals surface area contributed by atoms with Crippen molar-refractivity contribution in [2.75, 3.05) is 5.75 Å². The van der Waals surface area contributed by atoms with Crippen LogP contribution in [0.1, 0.15) is 12.6 Å². The summed E-state index contributed by atoms with van der Waals surface area (Å²) in [6, 6.07) is 9.71. The second kappa shape index (κ2) is 6.25. The van der Waals surface area contributed by atoms with E-state index in [-0.39, 0.29) is 5.75 Å². The Hall–Kier alpha value is -1.27. The average molecular weight is 341 g/mol. The molecule has 100 valence electrons. The highest BCUT2D eigenvalue weighted by atomic mass is 79.9. The Balaban J connectivity index is 2.34. The Morgan fingerprint density at radius 1 is 1.42 bits per heavy atom. The van der Waals surface area contributed by atoms with E-state index < -0.39 is 5.97 Å². The van der Waals surface area contributed by atoms with Crippen molar-refractivity contribution in [2.24, 2.45) is 0 Å². The fourth-order valence-electron chi connectivity index (χ4n) is 1.59. The van der Waals surface area contributed by atoms with E-state index in [1.165, 1.54) is 11.8 Å². The smallest absolute Gasteiger partial charge is 0.313 e. The largest absolute Gasteiger partial charge is 0.481 e. The van der Waals surface area contributed by atoms with Crippen LogP contribution in [-0.4, -0.2) is 26.6 Å². The molecule has 0 aliphatic carbocycles. The molecule has 1 aromatic heterocycles. The van der Waals surface area contributed by atoms with Crippen molar-refractivity contribution < 1.29 is 9.90 Å². The molecule has 0 saturated carbocycles. The highest BCUT2D eigenvalue weighted by Crippen LogP contribution is 2.24.